The molecule has 1 aliphatic rings. The third-order valence-electron chi connectivity index (χ3n) is 3.41. The summed E-state index contributed by atoms with van der Waals surface area (Å²) in [7, 11) is 0. The van der Waals surface area contributed by atoms with E-state index in [0.29, 0.717) is 24.5 Å². The van der Waals surface area contributed by atoms with Gasteiger partial charge in [-0.2, -0.15) is 12.6 Å². The fraction of sp³-hybridized carbons (Fsp3) is 0.600. The Hall–Kier alpha value is -0.480. The summed E-state index contributed by atoms with van der Waals surface area (Å²) in [6.45, 7) is 8.11. The van der Waals surface area contributed by atoms with Gasteiger partial charge in [0, 0.05) is 10.6 Å². The lowest BCUT2D eigenvalue weighted by atomic mass is 9.83. The summed E-state index contributed by atoms with van der Waals surface area (Å²) in [5.74, 6) is 4.31. The lowest BCUT2D eigenvalue weighted by molar-refractivity contribution is 0.171. The molecule has 0 bridgehead atoms. The van der Waals surface area contributed by atoms with E-state index in [0.717, 1.165) is 23.0 Å². The number of thiol groups is 1. The van der Waals surface area contributed by atoms with Crippen LogP contribution in [-0.2, 0) is 0 Å². The van der Waals surface area contributed by atoms with Gasteiger partial charge in [0.2, 0.25) is 0 Å². The molecule has 2 nitrogen and oxygen atoms in total. The molecule has 1 aromatic rings. The zero-order valence-corrected chi connectivity index (χ0v) is 13.5. The minimum absolute atomic E-state index is 0.294. The van der Waals surface area contributed by atoms with Crippen LogP contribution in [0.1, 0.15) is 20.8 Å². The Kier molecular flexibility index (Phi) is 4.96. The number of fused-ring (bicyclic) bond motifs is 1. The maximum atomic E-state index is 5.61. The summed E-state index contributed by atoms with van der Waals surface area (Å²) in [5.41, 5.74) is 0.294. The van der Waals surface area contributed by atoms with E-state index in [4.69, 9.17) is 9.47 Å². The standard InChI is InChI=1S/C15H22O2S2/c1-15(2,3)11(9-18)10-19-12-4-5-13-14(8-12)17-7-6-16-13/h4-5,8,11,18H,6-7,9-10H2,1-3H3. The first-order valence-corrected chi connectivity index (χ1v) is 8.26. The first-order valence-electron chi connectivity index (χ1n) is 6.64. The third-order valence-corrected chi connectivity index (χ3v) is 5.01. The van der Waals surface area contributed by atoms with Crippen molar-refractivity contribution in [1.82, 2.24) is 0 Å². The number of rotatable bonds is 4. The Morgan fingerprint density at radius 2 is 1.89 bits per heavy atom. The smallest absolute Gasteiger partial charge is 0.162 e. The maximum absolute atomic E-state index is 5.61. The van der Waals surface area contributed by atoms with Gasteiger partial charge in [0.05, 0.1) is 0 Å². The average molecular weight is 298 g/mol. The molecule has 0 saturated heterocycles. The van der Waals surface area contributed by atoms with Crippen LogP contribution in [0.15, 0.2) is 23.1 Å². The summed E-state index contributed by atoms with van der Waals surface area (Å²) in [6, 6.07) is 6.19. The van der Waals surface area contributed by atoms with Gasteiger partial charge in [0.25, 0.3) is 0 Å². The molecular formula is C15H22O2S2. The van der Waals surface area contributed by atoms with E-state index in [-0.39, 0.29) is 0 Å². The van der Waals surface area contributed by atoms with Crippen LogP contribution in [0.5, 0.6) is 11.5 Å². The van der Waals surface area contributed by atoms with Gasteiger partial charge in [-0.3, -0.25) is 0 Å². The first-order chi connectivity index (χ1) is 9.00. The molecule has 0 N–H and O–H groups in total. The maximum Gasteiger partial charge on any atom is 0.162 e. The van der Waals surface area contributed by atoms with Crippen LogP contribution in [-0.4, -0.2) is 24.7 Å². The van der Waals surface area contributed by atoms with Crippen LogP contribution in [0, 0.1) is 11.3 Å². The van der Waals surface area contributed by atoms with Gasteiger partial charge in [0.15, 0.2) is 11.5 Å². The molecule has 2 rings (SSSR count). The van der Waals surface area contributed by atoms with E-state index in [1.807, 2.05) is 17.8 Å². The van der Waals surface area contributed by atoms with Gasteiger partial charge in [-0.15, -0.1) is 11.8 Å². The van der Waals surface area contributed by atoms with Crippen molar-refractivity contribution in [3.63, 3.8) is 0 Å². The fourth-order valence-electron chi connectivity index (χ4n) is 1.89. The van der Waals surface area contributed by atoms with E-state index in [1.54, 1.807) is 0 Å². The van der Waals surface area contributed by atoms with Gasteiger partial charge < -0.3 is 9.47 Å². The Morgan fingerprint density at radius 3 is 2.53 bits per heavy atom. The largest absolute Gasteiger partial charge is 0.486 e. The number of hydrogen-bond donors (Lipinski definition) is 1. The Balaban J connectivity index is 1.99. The molecule has 0 aromatic heterocycles. The average Bonchev–Trinajstić information content (AvgIpc) is 2.37. The quantitative estimate of drug-likeness (QED) is 0.665. The second-order valence-electron chi connectivity index (χ2n) is 5.86. The number of ether oxygens (including phenoxy) is 2. The van der Waals surface area contributed by atoms with Gasteiger partial charge in [-0.05, 0) is 35.3 Å². The predicted molar refractivity (Wildman–Crippen MR) is 85.0 cm³/mol. The molecule has 0 aliphatic carbocycles. The predicted octanol–water partition coefficient (Wildman–Crippen LogP) is 4.14. The molecule has 0 radical (unpaired) electrons. The minimum atomic E-state index is 0.294. The van der Waals surface area contributed by atoms with Crippen molar-refractivity contribution < 1.29 is 9.47 Å². The first kappa shape index (κ1) is 14.9. The minimum Gasteiger partial charge on any atom is -0.486 e. The Morgan fingerprint density at radius 1 is 1.21 bits per heavy atom. The highest BCUT2D eigenvalue weighted by Gasteiger charge is 2.23. The lowest BCUT2D eigenvalue weighted by Crippen LogP contribution is -2.24. The van der Waals surface area contributed by atoms with Crippen molar-refractivity contribution in [2.45, 2.75) is 25.7 Å². The highest BCUT2D eigenvalue weighted by molar-refractivity contribution is 7.99. The summed E-state index contributed by atoms with van der Waals surface area (Å²) in [4.78, 5) is 1.24. The molecule has 19 heavy (non-hydrogen) atoms. The molecule has 1 aromatic carbocycles. The number of hydrogen-bond acceptors (Lipinski definition) is 4. The van der Waals surface area contributed by atoms with Crippen molar-refractivity contribution in [3.8, 4) is 11.5 Å². The van der Waals surface area contributed by atoms with E-state index < -0.39 is 0 Å². The second kappa shape index (κ2) is 6.31. The molecule has 1 aliphatic heterocycles. The Labute approximate surface area is 125 Å². The normalized spacial score (nSPS) is 16.2. The zero-order valence-electron chi connectivity index (χ0n) is 11.8. The van der Waals surface area contributed by atoms with Crippen molar-refractivity contribution in [2.24, 2.45) is 11.3 Å². The molecule has 0 spiro atoms. The van der Waals surface area contributed by atoms with Crippen LogP contribution < -0.4 is 9.47 Å². The SMILES string of the molecule is CC(C)(C)C(CS)CSc1ccc2c(c1)OCCO2. The van der Waals surface area contributed by atoms with Crippen molar-refractivity contribution >= 4 is 24.4 Å². The van der Waals surface area contributed by atoms with E-state index in [1.165, 1.54) is 4.90 Å². The summed E-state index contributed by atoms with van der Waals surface area (Å²) in [5, 5.41) is 0. The highest BCUT2D eigenvalue weighted by atomic mass is 32.2. The summed E-state index contributed by atoms with van der Waals surface area (Å²) in [6.07, 6.45) is 0. The van der Waals surface area contributed by atoms with E-state index in [2.05, 4.69) is 45.5 Å². The van der Waals surface area contributed by atoms with Crippen LogP contribution in [0.25, 0.3) is 0 Å². The van der Waals surface area contributed by atoms with Crippen molar-refractivity contribution in [3.05, 3.63) is 18.2 Å². The zero-order chi connectivity index (χ0) is 13.9. The molecule has 4 heteroatoms. The molecule has 0 amide bonds. The van der Waals surface area contributed by atoms with E-state index in [9.17, 15) is 0 Å². The number of thioether (sulfide) groups is 1. The fourth-order valence-corrected chi connectivity index (χ4v) is 4.10. The lowest BCUT2D eigenvalue weighted by Gasteiger charge is -2.29. The van der Waals surface area contributed by atoms with Crippen molar-refractivity contribution in [2.75, 3.05) is 24.7 Å². The summed E-state index contributed by atoms with van der Waals surface area (Å²) >= 11 is 6.35. The van der Waals surface area contributed by atoms with Gasteiger partial charge >= 0.3 is 0 Å². The van der Waals surface area contributed by atoms with Crippen LogP contribution in [0.2, 0.25) is 0 Å². The van der Waals surface area contributed by atoms with Gasteiger partial charge in [0.1, 0.15) is 13.2 Å². The van der Waals surface area contributed by atoms with E-state index >= 15 is 0 Å². The molecular weight excluding hydrogens is 276 g/mol. The summed E-state index contributed by atoms with van der Waals surface area (Å²) < 4.78 is 11.1. The van der Waals surface area contributed by atoms with Crippen molar-refractivity contribution in [1.29, 1.82) is 0 Å². The van der Waals surface area contributed by atoms with Gasteiger partial charge in [-0.1, -0.05) is 20.8 Å². The third kappa shape index (κ3) is 3.99. The molecule has 106 valence electrons. The van der Waals surface area contributed by atoms with Gasteiger partial charge in [-0.25, -0.2) is 0 Å². The Bertz CT molecular complexity index is 427. The van der Waals surface area contributed by atoms with Crippen LogP contribution >= 0.6 is 24.4 Å². The topological polar surface area (TPSA) is 18.5 Å². The molecule has 1 heterocycles. The monoisotopic (exact) mass is 298 g/mol. The highest BCUT2D eigenvalue weighted by Crippen LogP contribution is 2.37. The molecule has 1 atom stereocenters. The molecule has 1 unspecified atom stereocenters. The second-order valence-corrected chi connectivity index (χ2v) is 7.32. The van der Waals surface area contributed by atoms with Crippen LogP contribution in [0.4, 0.5) is 0 Å². The molecule has 0 fully saturated rings. The molecule has 0 saturated carbocycles. The number of benzene rings is 1. The van der Waals surface area contributed by atoms with Crippen LogP contribution in [0.3, 0.4) is 0 Å².